The Kier molecular flexibility index (Phi) is 6.29. The highest BCUT2D eigenvalue weighted by atomic mass is 16.5. The number of ether oxygens (including phenoxy) is 2. The largest absolute Gasteiger partial charge is 0.379 e. The fraction of sp³-hybridized carbons (Fsp3) is 0.632. The first kappa shape index (κ1) is 18.2. The van der Waals surface area contributed by atoms with Crippen LogP contribution in [-0.4, -0.2) is 70.5 Å². The van der Waals surface area contributed by atoms with Gasteiger partial charge in [-0.15, -0.1) is 0 Å². The summed E-state index contributed by atoms with van der Waals surface area (Å²) in [6.45, 7) is 4.54. The highest BCUT2D eigenvalue weighted by Crippen LogP contribution is 2.24. The number of benzene rings is 1. The van der Waals surface area contributed by atoms with Gasteiger partial charge in [0, 0.05) is 46.0 Å². The molecule has 2 aliphatic heterocycles. The van der Waals surface area contributed by atoms with E-state index in [0.29, 0.717) is 13.2 Å². The Labute approximate surface area is 150 Å². The van der Waals surface area contributed by atoms with Crippen molar-refractivity contribution in [3.05, 3.63) is 29.8 Å². The van der Waals surface area contributed by atoms with Gasteiger partial charge in [-0.25, -0.2) is 0 Å². The molecule has 0 aliphatic carbocycles. The van der Waals surface area contributed by atoms with Crippen LogP contribution in [0.15, 0.2) is 24.3 Å². The lowest BCUT2D eigenvalue weighted by atomic mass is 10.0. The molecule has 0 saturated carbocycles. The topological polar surface area (TPSA) is 54.0 Å². The standard InChI is InChI=1S/C19H29N3O3/c1-21(2)16-7-5-15(6-8-16)17(22-9-12-24-13-10-22)14-20-19(23)18-4-3-11-25-18/h5-8,17-18H,3-4,9-14H2,1-2H3,(H,20,23). The smallest absolute Gasteiger partial charge is 0.249 e. The number of morpholine rings is 1. The van der Waals surface area contributed by atoms with Gasteiger partial charge in [0.2, 0.25) is 5.91 Å². The Morgan fingerprint density at radius 1 is 1.24 bits per heavy atom. The van der Waals surface area contributed by atoms with Gasteiger partial charge in [0.15, 0.2) is 0 Å². The van der Waals surface area contributed by atoms with Crippen molar-refractivity contribution in [1.29, 1.82) is 0 Å². The molecule has 6 nitrogen and oxygen atoms in total. The Morgan fingerprint density at radius 3 is 2.56 bits per heavy atom. The molecule has 1 amide bonds. The molecule has 2 atom stereocenters. The predicted octanol–water partition coefficient (Wildman–Crippen LogP) is 1.42. The van der Waals surface area contributed by atoms with Crippen molar-refractivity contribution in [3.8, 4) is 0 Å². The van der Waals surface area contributed by atoms with Crippen molar-refractivity contribution in [2.75, 3.05) is 58.5 Å². The summed E-state index contributed by atoms with van der Waals surface area (Å²) in [5.74, 6) is 0.0145. The summed E-state index contributed by atoms with van der Waals surface area (Å²) in [6.07, 6.45) is 1.52. The molecule has 2 saturated heterocycles. The number of rotatable bonds is 6. The van der Waals surface area contributed by atoms with Crippen molar-refractivity contribution in [2.45, 2.75) is 25.0 Å². The minimum absolute atomic E-state index is 0.0145. The van der Waals surface area contributed by atoms with Gasteiger partial charge >= 0.3 is 0 Å². The van der Waals surface area contributed by atoms with Gasteiger partial charge in [-0.05, 0) is 30.5 Å². The van der Waals surface area contributed by atoms with Crippen LogP contribution in [0, 0.1) is 0 Å². The third kappa shape index (κ3) is 4.71. The van der Waals surface area contributed by atoms with Crippen LogP contribution in [0.5, 0.6) is 0 Å². The molecular formula is C19H29N3O3. The Morgan fingerprint density at radius 2 is 1.96 bits per heavy atom. The van der Waals surface area contributed by atoms with Crippen LogP contribution >= 0.6 is 0 Å². The zero-order valence-electron chi connectivity index (χ0n) is 15.2. The van der Waals surface area contributed by atoms with E-state index in [0.717, 1.165) is 39.1 Å². The zero-order chi connectivity index (χ0) is 17.6. The van der Waals surface area contributed by atoms with Gasteiger partial charge in [-0.3, -0.25) is 9.69 Å². The lowest BCUT2D eigenvalue weighted by Crippen LogP contribution is -2.45. The second-order valence-corrected chi connectivity index (χ2v) is 6.90. The monoisotopic (exact) mass is 347 g/mol. The molecule has 0 bridgehead atoms. The summed E-state index contributed by atoms with van der Waals surface area (Å²) in [4.78, 5) is 16.8. The van der Waals surface area contributed by atoms with E-state index in [2.05, 4.69) is 39.4 Å². The number of nitrogens with zero attached hydrogens (tertiary/aromatic N) is 2. The number of amides is 1. The summed E-state index contributed by atoms with van der Waals surface area (Å²) in [5.41, 5.74) is 2.40. The van der Waals surface area contributed by atoms with E-state index in [4.69, 9.17) is 9.47 Å². The van der Waals surface area contributed by atoms with Gasteiger partial charge in [0.1, 0.15) is 6.10 Å². The number of carbonyl (C=O) groups excluding carboxylic acids is 1. The second kappa shape index (κ2) is 8.65. The predicted molar refractivity (Wildman–Crippen MR) is 97.9 cm³/mol. The maximum absolute atomic E-state index is 12.3. The minimum atomic E-state index is -0.276. The summed E-state index contributed by atoms with van der Waals surface area (Å²) in [7, 11) is 4.08. The molecule has 0 radical (unpaired) electrons. The van der Waals surface area contributed by atoms with Crippen LogP contribution in [-0.2, 0) is 14.3 Å². The summed E-state index contributed by atoms with van der Waals surface area (Å²) in [5, 5.41) is 3.10. The quantitative estimate of drug-likeness (QED) is 0.844. The number of hydrogen-bond acceptors (Lipinski definition) is 5. The average Bonchev–Trinajstić information content (AvgIpc) is 3.18. The molecular weight excluding hydrogens is 318 g/mol. The lowest BCUT2D eigenvalue weighted by Gasteiger charge is -2.35. The van der Waals surface area contributed by atoms with Crippen LogP contribution in [0.2, 0.25) is 0 Å². The molecule has 2 heterocycles. The van der Waals surface area contributed by atoms with Crippen molar-refractivity contribution in [1.82, 2.24) is 10.2 Å². The van der Waals surface area contributed by atoms with Crippen LogP contribution in [0.4, 0.5) is 5.69 Å². The molecule has 3 rings (SSSR count). The van der Waals surface area contributed by atoms with Gasteiger partial charge in [-0.2, -0.15) is 0 Å². The normalized spacial score (nSPS) is 22.6. The average molecular weight is 347 g/mol. The van der Waals surface area contributed by atoms with Crippen LogP contribution in [0.25, 0.3) is 0 Å². The van der Waals surface area contributed by atoms with Crippen LogP contribution in [0.1, 0.15) is 24.4 Å². The van der Waals surface area contributed by atoms with Crippen molar-refractivity contribution < 1.29 is 14.3 Å². The highest BCUT2D eigenvalue weighted by Gasteiger charge is 2.27. The maximum atomic E-state index is 12.3. The van der Waals surface area contributed by atoms with E-state index >= 15 is 0 Å². The number of anilines is 1. The maximum Gasteiger partial charge on any atom is 0.249 e. The van der Waals surface area contributed by atoms with Crippen molar-refractivity contribution in [2.24, 2.45) is 0 Å². The van der Waals surface area contributed by atoms with Crippen molar-refractivity contribution in [3.63, 3.8) is 0 Å². The van der Waals surface area contributed by atoms with E-state index in [1.54, 1.807) is 0 Å². The van der Waals surface area contributed by atoms with Crippen LogP contribution in [0.3, 0.4) is 0 Å². The highest BCUT2D eigenvalue weighted by molar-refractivity contribution is 5.81. The first-order valence-electron chi connectivity index (χ1n) is 9.13. The van der Waals surface area contributed by atoms with Crippen molar-refractivity contribution >= 4 is 11.6 Å². The number of carbonyl (C=O) groups is 1. The van der Waals surface area contributed by atoms with E-state index in [-0.39, 0.29) is 18.1 Å². The molecule has 25 heavy (non-hydrogen) atoms. The molecule has 138 valence electrons. The molecule has 6 heteroatoms. The molecule has 0 spiro atoms. The summed E-state index contributed by atoms with van der Waals surface area (Å²) >= 11 is 0. The third-order valence-corrected chi connectivity index (χ3v) is 4.97. The summed E-state index contributed by atoms with van der Waals surface area (Å²) < 4.78 is 11.0. The van der Waals surface area contributed by atoms with E-state index < -0.39 is 0 Å². The first-order valence-corrected chi connectivity index (χ1v) is 9.13. The SMILES string of the molecule is CN(C)c1ccc(C(CNC(=O)C2CCCO2)N2CCOCC2)cc1. The van der Waals surface area contributed by atoms with E-state index in [1.807, 2.05) is 14.1 Å². The lowest BCUT2D eigenvalue weighted by molar-refractivity contribution is -0.130. The third-order valence-electron chi connectivity index (χ3n) is 4.97. The second-order valence-electron chi connectivity index (χ2n) is 6.90. The Hall–Kier alpha value is -1.63. The van der Waals surface area contributed by atoms with Crippen LogP contribution < -0.4 is 10.2 Å². The minimum Gasteiger partial charge on any atom is -0.379 e. The molecule has 2 fully saturated rings. The fourth-order valence-corrected chi connectivity index (χ4v) is 3.44. The molecule has 1 N–H and O–H groups in total. The first-order chi connectivity index (χ1) is 12.1. The van der Waals surface area contributed by atoms with Gasteiger partial charge in [0.05, 0.1) is 19.3 Å². The molecule has 1 aromatic carbocycles. The fourth-order valence-electron chi connectivity index (χ4n) is 3.44. The summed E-state index contributed by atoms with van der Waals surface area (Å²) in [6, 6.07) is 8.74. The number of nitrogens with one attached hydrogen (secondary N) is 1. The Bertz CT molecular complexity index is 550. The van der Waals surface area contributed by atoms with Gasteiger partial charge in [-0.1, -0.05) is 12.1 Å². The van der Waals surface area contributed by atoms with E-state index in [1.165, 1.54) is 11.3 Å². The Balaban J connectivity index is 1.68. The molecule has 0 aromatic heterocycles. The molecule has 2 unspecified atom stereocenters. The van der Waals surface area contributed by atoms with Gasteiger partial charge < -0.3 is 19.7 Å². The van der Waals surface area contributed by atoms with Gasteiger partial charge in [0.25, 0.3) is 0 Å². The molecule has 1 aromatic rings. The zero-order valence-corrected chi connectivity index (χ0v) is 15.2. The molecule has 2 aliphatic rings. The number of hydrogen-bond donors (Lipinski definition) is 1. The van der Waals surface area contributed by atoms with E-state index in [9.17, 15) is 4.79 Å².